The van der Waals surface area contributed by atoms with Gasteiger partial charge >= 0.3 is 0 Å². The molecule has 0 bridgehead atoms. The summed E-state index contributed by atoms with van der Waals surface area (Å²) in [5, 5.41) is 3.45. The van der Waals surface area contributed by atoms with E-state index < -0.39 is 0 Å². The first-order chi connectivity index (χ1) is 10.4. The highest BCUT2D eigenvalue weighted by atomic mass is 32.2. The number of ketones is 1. The Morgan fingerprint density at radius 3 is 2.45 bits per heavy atom. The summed E-state index contributed by atoms with van der Waals surface area (Å²) >= 11 is 1.74. The number of hydrogen-bond donors (Lipinski definition) is 1. The molecule has 3 aliphatic rings. The van der Waals surface area contributed by atoms with Gasteiger partial charge in [0.05, 0.1) is 0 Å². The van der Waals surface area contributed by atoms with Crippen molar-refractivity contribution in [3.8, 4) is 0 Å². The van der Waals surface area contributed by atoms with Crippen molar-refractivity contribution in [3.05, 3.63) is 22.0 Å². The van der Waals surface area contributed by atoms with Gasteiger partial charge in [-0.05, 0) is 37.7 Å². The Labute approximate surface area is 137 Å². The molecule has 0 aromatic rings. The minimum absolute atomic E-state index is 0.0297. The molecular formula is C18H26N2OS. The number of nitrogens with zero attached hydrogens (tertiary/aromatic N) is 1. The molecule has 4 heteroatoms. The van der Waals surface area contributed by atoms with E-state index in [4.69, 9.17) is 0 Å². The van der Waals surface area contributed by atoms with Gasteiger partial charge in [0.1, 0.15) is 5.82 Å². The summed E-state index contributed by atoms with van der Waals surface area (Å²) in [6.45, 7) is 8.12. The molecule has 22 heavy (non-hydrogen) atoms. The van der Waals surface area contributed by atoms with E-state index in [-0.39, 0.29) is 10.8 Å². The van der Waals surface area contributed by atoms with Crippen molar-refractivity contribution >= 4 is 24.3 Å². The third-order valence-corrected chi connectivity index (χ3v) is 6.33. The van der Waals surface area contributed by atoms with Crippen molar-refractivity contribution in [1.29, 1.82) is 0 Å². The summed E-state index contributed by atoms with van der Waals surface area (Å²) in [4.78, 5) is 18.5. The zero-order valence-corrected chi connectivity index (χ0v) is 14.7. The molecule has 0 aromatic heterocycles. The number of rotatable bonds is 2. The number of carbonyl (C=O) groups excluding carboxylic acids is 1. The number of dihydropyridines is 1. The summed E-state index contributed by atoms with van der Waals surface area (Å²) in [6.07, 6.45) is 9.51. The van der Waals surface area contributed by atoms with Crippen LogP contribution < -0.4 is 5.32 Å². The zero-order valence-electron chi connectivity index (χ0n) is 13.9. The molecule has 1 spiro atoms. The van der Waals surface area contributed by atoms with Crippen molar-refractivity contribution in [3.63, 3.8) is 0 Å². The average Bonchev–Trinajstić information content (AvgIpc) is 2.45. The van der Waals surface area contributed by atoms with Crippen LogP contribution in [0, 0.1) is 10.8 Å². The van der Waals surface area contributed by atoms with E-state index in [0.717, 1.165) is 36.4 Å². The van der Waals surface area contributed by atoms with Gasteiger partial charge in [0.2, 0.25) is 0 Å². The molecule has 1 N–H and O–H groups in total. The highest BCUT2D eigenvalue weighted by Crippen LogP contribution is 2.57. The van der Waals surface area contributed by atoms with Crippen molar-refractivity contribution in [1.82, 2.24) is 5.32 Å². The Hall–Kier alpha value is -1.03. The van der Waals surface area contributed by atoms with Crippen LogP contribution >= 0.6 is 11.8 Å². The second-order valence-corrected chi connectivity index (χ2v) is 8.42. The van der Waals surface area contributed by atoms with Gasteiger partial charge in [-0.2, -0.15) is 0 Å². The smallest absolute Gasteiger partial charge is 0.162 e. The largest absolute Gasteiger partial charge is 0.343 e. The number of fused-ring (bicyclic) bond motifs is 1. The molecular weight excluding hydrogens is 292 g/mol. The monoisotopic (exact) mass is 318 g/mol. The summed E-state index contributed by atoms with van der Waals surface area (Å²) in [5.74, 6) is 1.23. The predicted molar refractivity (Wildman–Crippen MR) is 93.8 cm³/mol. The van der Waals surface area contributed by atoms with Crippen molar-refractivity contribution in [2.45, 2.75) is 58.8 Å². The maximum absolute atomic E-state index is 13.0. The Balaban J connectivity index is 2.17. The molecule has 0 atom stereocenters. The lowest BCUT2D eigenvalue weighted by molar-refractivity contribution is -0.119. The molecule has 0 radical (unpaired) electrons. The Morgan fingerprint density at radius 2 is 1.86 bits per heavy atom. The maximum atomic E-state index is 13.0. The lowest BCUT2D eigenvalue weighted by Gasteiger charge is -2.48. The Kier molecular flexibility index (Phi) is 4.00. The molecule has 1 saturated carbocycles. The van der Waals surface area contributed by atoms with Crippen LogP contribution in [0.4, 0.5) is 0 Å². The molecule has 3 nitrogen and oxygen atoms in total. The summed E-state index contributed by atoms with van der Waals surface area (Å²) in [5.41, 5.74) is 2.12. The van der Waals surface area contributed by atoms with E-state index in [2.05, 4.69) is 37.1 Å². The van der Waals surface area contributed by atoms with Crippen LogP contribution in [0.1, 0.15) is 58.8 Å². The topological polar surface area (TPSA) is 41.5 Å². The summed E-state index contributed by atoms with van der Waals surface area (Å²) in [6, 6.07) is 0. The van der Waals surface area contributed by atoms with Gasteiger partial charge in [0, 0.05) is 28.0 Å². The van der Waals surface area contributed by atoms with Gasteiger partial charge in [-0.25, -0.2) is 4.99 Å². The molecule has 1 aliphatic heterocycles. The molecule has 0 saturated heterocycles. The minimum atomic E-state index is -0.0949. The van der Waals surface area contributed by atoms with Gasteiger partial charge in [0.25, 0.3) is 0 Å². The number of hydrogen-bond acceptors (Lipinski definition) is 4. The second kappa shape index (κ2) is 5.55. The van der Waals surface area contributed by atoms with Crippen LogP contribution in [0.15, 0.2) is 27.0 Å². The molecule has 1 heterocycles. The molecule has 2 aliphatic carbocycles. The number of thioether (sulfide) groups is 1. The maximum Gasteiger partial charge on any atom is 0.162 e. The standard InChI is InChI=1S/C18H26N2OS/c1-17(2)10-12-14(13(21)11-17)18(8-6-5-7-9-18)15(22-4)16(19-3)20-12/h20H,3,5-11H2,1-2,4H3. The Bertz CT molecular complexity index is 580. The van der Waals surface area contributed by atoms with E-state index in [1.807, 2.05) is 0 Å². The Morgan fingerprint density at radius 1 is 1.18 bits per heavy atom. The number of nitrogens with one attached hydrogen (secondary N) is 1. The van der Waals surface area contributed by atoms with Gasteiger partial charge < -0.3 is 5.32 Å². The highest BCUT2D eigenvalue weighted by molar-refractivity contribution is 8.02. The predicted octanol–water partition coefficient (Wildman–Crippen LogP) is 4.42. The van der Waals surface area contributed by atoms with Crippen LogP contribution in [-0.2, 0) is 4.79 Å². The van der Waals surface area contributed by atoms with Crippen LogP contribution in [0.25, 0.3) is 0 Å². The summed E-state index contributed by atoms with van der Waals surface area (Å²) < 4.78 is 0. The number of carbonyl (C=O) groups is 1. The van der Waals surface area contributed by atoms with Gasteiger partial charge in [-0.3, -0.25) is 4.79 Å². The SMILES string of the molecule is C=NC1=C(SC)C2(CCCCC2)C2=C(CC(C)(C)CC2=O)N1. The van der Waals surface area contributed by atoms with Crippen LogP contribution in [0.2, 0.25) is 0 Å². The van der Waals surface area contributed by atoms with Crippen molar-refractivity contribution < 1.29 is 4.79 Å². The lowest BCUT2D eigenvalue weighted by atomic mass is 9.61. The van der Waals surface area contributed by atoms with E-state index in [0.29, 0.717) is 12.2 Å². The van der Waals surface area contributed by atoms with Crippen molar-refractivity contribution in [2.24, 2.45) is 15.8 Å². The minimum Gasteiger partial charge on any atom is -0.343 e. The molecule has 0 amide bonds. The van der Waals surface area contributed by atoms with Gasteiger partial charge in [-0.1, -0.05) is 33.1 Å². The quantitative estimate of drug-likeness (QED) is 0.767. The van der Waals surface area contributed by atoms with Crippen molar-refractivity contribution in [2.75, 3.05) is 6.26 Å². The molecule has 1 fully saturated rings. The van der Waals surface area contributed by atoms with Gasteiger partial charge in [-0.15, -0.1) is 11.8 Å². The van der Waals surface area contributed by atoms with E-state index in [1.165, 1.54) is 24.2 Å². The first-order valence-corrected chi connectivity index (χ1v) is 9.45. The zero-order chi connectivity index (χ0) is 16.0. The normalized spacial score (nSPS) is 26.8. The number of Topliss-reactive ketones (excluding diaryl/α,β-unsaturated/α-hetero) is 1. The van der Waals surface area contributed by atoms with Crippen LogP contribution in [0.3, 0.4) is 0 Å². The average molecular weight is 318 g/mol. The van der Waals surface area contributed by atoms with E-state index in [1.54, 1.807) is 11.8 Å². The molecule has 0 unspecified atom stereocenters. The lowest BCUT2D eigenvalue weighted by Crippen LogP contribution is -2.44. The van der Waals surface area contributed by atoms with Crippen LogP contribution in [0.5, 0.6) is 0 Å². The molecule has 3 rings (SSSR count). The third kappa shape index (κ3) is 2.36. The first-order valence-electron chi connectivity index (χ1n) is 8.23. The van der Waals surface area contributed by atoms with E-state index >= 15 is 0 Å². The van der Waals surface area contributed by atoms with Crippen LogP contribution in [-0.4, -0.2) is 18.8 Å². The molecule has 120 valence electrons. The fourth-order valence-electron chi connectivity index (χ4n) is 4.56. The third-order valence-electron chi connectivity index (χ3n) is 5.34. The van der Waals surface area contributed by atoms with Gasteiger partial charge in [0.15, 0.2) is 5.78 Å². The number of aliphatic imine (C=N–C) groups is 1. The molecule has 0 aromatic carbocycles. The fourth-order valence-corrected chi connectivity index (χ4v) is 5.56. The second-order valence-electron chi connectivity index (χ2n) is 7.60. The first kappa shape index (κ1) is 15.9. The summed E-state index contributed by atoms with van der Waals surface area (Å²) in [7, 11) is 0. The number of allylic oxidation sites excluding steroid dienone is 3. The van der Waals surface area contributed by atoms with E-state index in [9.17, 15) is 4.79 Å². The fraction of sp³-hybridized carbons (Fsp3) is 0.667. The highest BCUT2D eigenvalue weighted by Gasteiger charge is 2.50.